The standard InChI is InChI=1S/C21H32N2O3.ClH/c22-13-7-2-1-6-10-21(24)23(18-8-4-3-5-9-18)15-17-11-12-19-20(14-17)26-16-25-19;/h11-12,14,18H,1-10,13,15-16,22H2;1H. The summed E-state index contributed by atoms with van der Waals surface area (Å²) in [6.45, 7) is 1.70. The van der Waals surface area contributed by atoms with Gasteiger partial charge in [-0.05, 0) is 49.9 Å². The van der Waals surface area contributed by atoms with Gasteiger partial charge in [-0.1, -0.05) is 38.2 Å². The third kappa shape index (κ3) is 6.28. The number of halogens is 1. The Bertz CT molecular complexity index is 591. The van der Waals surface area contributed by atoms with Crippen LogP contribution in [0.2, 0.25) is 0 Å². The summed E-state index contributed by atoms with van der Waals surface area (Å²) in [4.78, 5) is 15.1. The predicted molar refractivity (Wildman–Crippen MR) is 109 cm³/mol. The van der Waals surface area contributed by atoms with Crippen LogP contribution in [0.4, 0.5) is 0 Å². The largest absolute Gasteiger partial charge is 0.454 e. The first-order valence-electron chi connectivity index (χ1n) is 10.2. The van der Waals surface area contributed by atoms with Crippen LogP contribution < -0.4 is 15.2 Å². The van der Waals surface area contributed by atoms with Crippen LogP contribution in [0.3, 0.4) is 0 Å². The SMILES string of the molecule is Cl.NCCCCCCC(=O)N(Cc1ccc2c(c1)OCO2)C1CCCCC1. The van der Waals surface area contributed by atoms with Gasteiger partial charge in [-0.25, -0.2) is 0 Å². The maximum atomic E-state index is 13.0. The van der Waals surface area contributed by atoms with E-state index in [4.69, 9.17) is 15.2 Å². The Hall–Kier alpha value is -1.46. The number of benzene rings is 1. The number of carbonyl (C=O) groups is 1. The molecule has 1 aliphatic heterocycles. The molecule has 0 bridgehead atoms. The molecule has 0 unspecified atom stereocenters. The van der Waals surface area contributed by atoms with Gasteiger partial charge in [-0.15, -0.1) is 12.4 Å². The van der Waals surface area contributed by atoms with E-state index in [1.54, 1.807) is 0 Å². The molecule has 1 amide bonds. The Morgan fingerprint density at radius 2 is 1.78 bits per heavy atom. The number of hydrogen-bond donors (Lipinski definition) is 1. The number of fused-ring (bicyclic) bond motifs is 1. The topological polar surface area (TPSA) is 64.8 Å². The molecular formula is C21H33ClN2O3. The number of unbranched alkanes of at least 4 members (excludes halogenated alkanes) is 3. The van der Waals surface area contributed by atoms with Crippen LogP contribution in [0, 0.1) is 0 Å². The van der Waals surface area contributed by atoms with Crippen LogP contribution in [-0.2, 0) is 11.3 Å². The highest BCUT2D eigenvalue weighted by atomic mass is 35.5. The van der Waals surface area contributed by atoms with Gasteiger partial charge < -0.3 is 20.1 Å². The Kier molecular flexibility index (Phi) is 9.22. The number of carbonyl (C=O) groups excluding carboxylic acids is 1. The Labute approximate surface area is 169 Å². The molecule has 27 heavy (non-hydrogen) atoms. The number of ether oxygens (including phenoxy) is 2. The normalized spacial score (nSPS) is 16.0. The quantitative estimate of drug-likeness (QED) is 0.628. The summed E-state index contributed by atoms with van der Waals surface area (Å²) in [6, 6.07) is 6.41. The minimum absolute atomic E-state index is 0. The molecule has 1 aliphatic carbocycles. The van der Waals surface area contributed by atoms with Crippen molar-refractivity contribution in [3.05, 3.63) is 23.8 Å². The number of rotatable bonds is 9. The minimum atomic E-state index is 0. The van der Waals surface area contributed by atoms with Gasteiger partial charge in [0.05, 0.1) is 0 Å². The summed E-state index contributed by atoms with van der Waals surface area (Å²) in [5.41, 5.74) is 6.67. The molecule has 3 rings (SSSR count). The van der Waals surface area contributed by atoms with Gasteiger partial charge >= 0.3 is 0 Å². The van der Waals surface area contributed by atoms with Crippen molar-refractivity contribution in [2.75, 3.05) is 13.3 Å². The number of nitrogens with two attached hydrogens (primary N) is 1. The van der Waals surface area contributed by atoms with Gasteiger partial charge in [-0.2, -0.15) is 0 Å². The average Bonchev–Trinajstić information content (AvgIpc) is 3.14. The Morgan fingerprint density at radius 1 is 1.04 bits per heavy atom. The van der Waals surface area contributed by atoms with Crippen molar-refractivity contribution in [2.24, 2.45) is 5.73 Å². The molecular weight excluding hydrogens is 364 g/mol. The van der Waals surface area contributed by atoms with Crippen LogP contribution in [0.25, 0.3) is 0 Å². The van der Waals surface area contributed by atoms with E-state index in [0.29, 0.717) is 24.9 Å². The maximum absolute atomic E-state index is 13.0. The van der Waals surface area contributed by atoms with Gasteiger partial charge in [0, 0.05) is 19.0 Å². The molecule has 1 aromatic carbocycles. The molecule has 2 N–H and O–H groups in total. The molecule has 0 atom stereocenters. The molecule has 6 heteroatoms. The zero-order valence-corrected chi connectivity index (χ0v) is 17.0. The Balaban J connectivity index is 0.00000261. The van der Waals surface area contributed by atoms with E-state index >= 15 is 0 Å². The highest BCUT2D eigenvalue weighted by molar-refractivity contribution is 5.85. The zero-order valence-electron chi connectivity index (χ0n) is 16.2. The molecule has 152 valence electrons. The van der Waals surface area contributed by atoms with E-state index in [1.165, 1.54) is 19.3 Å². The first-order valence-corrected chi connectivity index (χ1v) is 10.2. The number of nitrogens with zero attached hydrogens (tertiary/aromatic N) is 1. The minimum Gasteiger partial charge on any atom is -0.454 e. The smallest absolute Gasteiger partial charge is 0.231 e. The summed E-state index contributed by atoms with van der Waals surface area (Å²) >= 11 is 0. The highest BCUT2D eigenvalue weighted by Gasteiger charge is 2.26. The van der Waals surface area contributed by atoms with E-state index in [-0.39, 0.29) is 19.2 Å². The molecule has 0 aromatic heterocycles. The lowest BCUT2D eigenvalue weighted by molar-refractivity contribution is -0.135. The van der Waals surface area contributed by atoms with Crippen molar-refractivity contribution >= 4 is 18.3 Å². The molecule has 0 spiro atoms. The van der Waals surface area contributed by atoms with Crippen molar-refractivity contribution in [2.45, 2.75) is 76.8 Å². The van der Waals surface area contributed by atoms with E-state index in [9.17, 15) is 4.79 Å². The first-order chi connectivity index (χ1) is 12.8. The number of hydrogen-bond acceptors (Lipinski definition) is 4. The second kappa shape index (κ2) is 11.4. The molecule has 1 heterocycles. The van der Waals surface area contributed by atoms with Crippen LogP contribution in [0.5, 0.6) is 11.5 Å². The van der Waals surface area contributed by atoms with Gasteiger partial charge in [-0.3, -0.25) is 4.79 Å². The van der Waals surface area contributed by atoms with E-state index < -0.39 is 0 Å². The summed E-state index contributed by atoms with van der Waals surface area (Å²) in [6.07, 6.45) is 10.9. The van der Waals surface area contributed by atoms with Crippen LogP contribution in [-0.4, -0.2) is 30.2 Å². The van der Waals surface area contributed by atoms with Crippen LogP contribution in [0.15, 0.2) is 18.2 Å². The summed E-state index contributed by atoms with van der Waals surface area (Å²) < 4.78 is 10.9. The first kappa shape index (κ1) is 21.8. The van der Waals surface area contributed by atoms with Crippen molar-refractivity contribution in [1.82, 2.24) is 4.90 Å². The summed E-state index contributed by atoms with van der Waals surface area (Å²) in [7, 11) is 0. The molecule has 1 fully saturated rings. The summed E-state index contributed by atoms with van der Waals surface area (Å²) in [5.74, 6) is 1.88. The molecule has 2 aliphatic rings. The van der Waals surface area contributed by atoms with E-state index in [2.05, 4.69) is 11.0 Å². The van der Waals surface area contributed by atoms with Crippen molar-refractivity contribution < 1.29 is 14.3 Å². The number of amides is 1. The van der Waals surface area contributed by atoms with E-state index in [0.717, 1.165) is 62.1 Å². The second-order valence-electron chi connectivity index (χ2n) is 7.45. The third-order valence-electron chi connectivity index (χ3n) is 5.47. The predicted octanol–water partition coefficient (Wildman–Crippen LogP) is 4.41. The van der Waals surface area contributed by atoms with Gasteiger partial charge in [0.15, 0.2) is 11.5 Å². The molecule has 1 saturated carbocycles. The fourth-order valence-corrected chi connectivity index (χ4v) is 3.97. The molecule has 1 aromatic rings. The molecule has 0 saturated heterocycles. The van der Waals surface area contributed by atoms with Crippen molar-refractivity contribution in [3.8, 4) is 11.5 Å². The lowest BCUT2D eigenvalue weighted by atomic mass is 9.93. The monoisotopic (exact) mass is 396 g/mol. The third-order valence-corrected chi connectivity index (χ3v) is 5.47. The highest BCUT2D eigenvalue weighted by Crippen LogP contribution is 2.33. The van der Waals surface area contributed by atoms with Crippen molar-refractivity contribution in [3.63, 3.8) is 0 Å². The van der Waals surface area contributed by atoms with Gasteiger partial charge in [0.2, 0.25) is 12.7 Å². The lowest BCUT2D eigenvalue weighted by Gasteiger charge is -2.34. The second-order valence-corrected chi connectivity index (χ2v) is 7.45. The maximum Gasteiger partial charge on any atom is 0.231 e. The zero-order chi connectivity index (χ0) is 18.2. The average molecular weight is 397 g/mol. The van der Waals surface area contributed by atoms with Gasteiger partial charge in [0.25, 0.3) is 0 Å². The van der Waals surface area contributed by atoms with Crippen LogP contribution in [0.1, 0.15) is 69.8 Å². The fourth-order valence-electron chi connectivity index (χ4n) is 3.97. The van der Waals surface area contributed by atoms with Crippen LogP contribution >= 0.6 is 12.4 Å². The molecule has 5 nitrogen and oxygen atoms in total. The van der Waals surface area contributed by atoms with Gasteiger partial charge in [0.1, 0.15) is 0 Å². The fraction of sp³-hybridized carbons (Fsp3) is 0.667. The lowest BCUT2D eigenvalue weighted by Crippen LogP contribution is -2.40. The Morgan fingerprint density at radius 3 is 2.56 bits per heavy atom. The summed E-state index contributed by atoms with van der Waals surface area (Å²) in [5, 5.41) is 0. The molecule has 0 radical (unpaired) electrons. The van der Waals surface area contributed by atoms with Crippen molar-refractivity contribution in [1.29, 1.82) is 0 Å². The van der Waals surface area contributed by atoms with E-state index in [1.807, 2.05) is 12.1 Å².